The summed E-state index contributed by atoms with van der Waals surface area (Å²) in [5, 5.41) is 3.10. The molecule has 1 heterocycles. The summed E-state index contributed by atoms with van der Waals surface area (Å²) in [4.78, 5) is 11.8. The van der Waals surface area contributed by atoms with E-state index in [2.05, 4.69) is 5.32 Å². The average Bonchev–Trinajstić information content (AvgIpc) is 2.67. The largest absolute Gasteiger partial charge is 0.347 e. The highest BCUT2D eigenvalue weighted by molar-refractivity contribution is 6.33. The van der Waals surface area contributed by atoms with Gasteiger partial charge in [0.1, 0.15) is 5.69 Å². The van der Waals surface area contributed by atoms with Crippen LogP contribution in [0.25, 0.3) is 0 Å². The van der Waals surface area contributed by atoms with Gasteiger partial charge in [-0.3, -0.25) is 9.47 Å². The van der Waals surface area contributed by atoms with Crippen molar-refractivity contribution < 1.29 is 4.79 Å². The van der Waals surface area contributed by atoms with Crippen molar-refractivity contribution in [2.75, 3.05) is 5.84 Å². The summed E-state index contributed by atoms with van der Waals surface area (Å²) in [7, 11) is 0. The minimum absolute atomic E-state index is 0.266. The molecule has 4 nitrogen and oxygen atoms in total. The number of halogens is 1. The van der Waals surface area contributed by atoms with E-state index in [1.165, 1.54) is 4.68 Å². The summed E-state index contributed by atoms with van der Waals surface area (Å²) in [6, 6.07) is 11.2. The predicted octanol–water partition coefficient (Wildman–Crippen LogP) is 1.79. The molecule has 0 aliphatic carbocycles. The van der Waals surface area contributed by atoms with Crippen LogP contribution in [-0.2, 0) is 6.54 Å². The molecule has 17 heavy (non-hydrogen) atoms. The number of carbonyl (C=O) groups excluding carboxylic acids is 1. The van der Waals surface area contributed by atoms with E-state index in [1.54, 1.807) is 12.3 Å². The highest BCUT2D eigenvalue weighted by Crippen LogP contribution is 2.15. The van der Waals surface area contributed by atoms with Crippen LogP contribution in [0.1, 0.15) is 16.1 Å². The Morgan fingerprint density at radius 3 is 2.59 bits per heavy atom. The molecule has 1 amide bonds. The van der Waals surface area contributed by atoms with E-state index < -0.39 is 0 Å². The van der Waals surface area contributed by atoms with Crippen molar-refractivity contribution in [3.63, 3.8) is 0 Å². The van der Waals surface area contributed by atoms with Crippen LogP contribution in [0, 0.1) is 0 Å². The maximum Gasteiger partial charge on any atom is 0.271 e. The lowest BCUT2D eigenvalue weighted by Crippen LogP contribution is -2.27. The topological polar surface area (TPSA) is 60.0 Å². The lowest BCUT2D eigenvalue weighted by molar-refractivity contribution is 0.0943. The Morgan fingerprint density at radius 1 is 1.29 bits per heavy atom. The van der Waals surface area contributed by atoms with Gasteiger partial charge in [-0.1, -0.05) is 41.9 Å². The number of benzene rings is 1. The van der Waals surface area contributed by atoms with E-state index in [0.717, 1.165) is 5.56 Å². The number of carbonyl (C=O) groups is 1. The second-order valence-corrected chi connectivity index (χ2v) is 4.00. The molecule has 0 saturated heterocycles. The Labute approximate surface area is 104 Å². The number of nitrogen functional groups attached to an aromatic ring is 1. The van der Waals surface area contributed by atoms with E-state index >= 15 is 0 Å². The van der Waals surface area contributed by atoms with Gasteiger partial charge in [0.25, 0.3) is 5.91 Å². The van der Waals surface area contributed by atoms with Gasteiger partial charge >= 0.3 is 0 Å². The van der Waals surface area contributed by atoms with Crippen LogP contribution in [0.2, 0.25) is 5.02 Å². The lowest BCUT2D eigenvalue weighted by Gasteiger charge is -2.06. The summed E-state index contributed by atoms with van der Waals surface area (Å²) in [6.45, 7) is 0.446. The number of hydrogen-bond donors (Lipinski definition) is 2. The average molecular weight is 250 g/mol. The number of nitrogens with zero attached hydrogens (tertiary/aromatic N) is 1. The van der Waals surface area contributed by atoms with Gasteiger partial charge in [0.15, 0.2) is 0 Å². The summed E-state index contributed by atoms with van der Waals surface area (Å²) >= 11 is 5.86. The molecule has 0 atom stereocenters. The molecule has 3 N–H and O–H groups in total. The van der Waals surface area contributed by atoms with Crippen LogP contribution in [0.5, 0.6) is 0 Å². The van der Waals surface area contributed by atoms with Crippen molar-refractivity contribution >= 4 is 17.5 Å². The third-order valence-corrected chi connectivity index (χ3v) is 2.68. The van der Waals surface area contributed by atoms with Crippen molar-refractivity contribution in [2.45, 2.75) is 6.54 Å². The van der Waals surface area contributed by atoms with Gasteiger partial charge in [-0.05, 0) is 11.6 Å². The smallest absolute Gasteiger partial charge is 0.271 e. The molecular formula is C12H12ClN3O. The molecule has 5 heteroatoms. The van der Waals surface area contributed by atoms with Crippen molar-refractivity contribution in [3.05, 3.63) is 58.9 Å². The van der Waals surface area contributed by atoms with Crippen LogP contribution in [0.3, 0.4) is 0 Å². The first-order chi connectivity index (χ1) is 8.18. The van der Waals surface area contributed by atoms with Gasteiger partial charge in [-0.2, -0.15) is 0 Å². The molecule has 0 radical (unpaired) electrons. The predicted molar refractivity (Wildman–Crippen MR) is 67.2 cm³/mol. The Bertz CT molecular complexity index is 502. The van der Waals surface area contributed by atoms with Crippen molar-refractivity contribution in [1.29, 1.82) is 0 Å². The number of hydrogen-bond acceptors (Lipinski definition) is 2. The second-order valence-electron chi connectivity index (χ2n) is 3.59. The Hall–Kier alpha value is -1.94. The molecule has 0 saturated carbocycles. The first-order valence-electron chi connectivity index (χ1n) is 5.12. The Morgan fingerprint density at radius 2 is 2.00 bits per heavy atom. The zero-order valence-corrected chi connectivity index (χ0v) is 9.82. The normalized spacial score (nSPS) is 10.2. The molecule has 2 aromatic rings. The summed E-state index contributed by atoms with van der Waals surface area (Å²) in [6.07, 6.45) is 1.54. The minimum atomic E-state index is -0.286. The number of aromatic nitrogens is 1. The fourth-order valence-corrected chi connectivity index (χ4v) is 1.75. The highest BCUT2D eigenvalue weighted by Gasteiger charge is 2.14. The van der Waals surface area contributed by atoms with Crippen LogP contribution < -0.4 is 11.2 Å². The Kier molecular flexibility index (Phi) is 3.35. The molecule has 0 unspecified atom stereocenters. The SMILES string of the molecule is Nn1ccc(Cl)c1C(=O)NCc1ccccc1. The zero-order chi connectivity index (χ0) is 12.3. The van der Waals surface area contributed by atoms with Gasteiger partial charge < -0.3 is 11.2 Å². The van der Waals surface area contributed by atoms with E-state index in [1.807, 2.05) is 30.3 Å². The maximum atomic E-state index is 11.8. The van der Waals surface area contributed by atoms with Gasteiger partial charge in [-0.15, -0.1) is 0 Å². The second kappa shape index (κ2) is 4.93. The molecular weight excluding hydrogens is 238 g/mol. The number of nitrogens with one attached hydrogen (secondary N) is 1. The highest BCUT2D eigenvalue weighted by atomic mass is 35.5. The van der Waals surface area contributed by atoms with E-state index in [-0.39, 0.29) is 11.6 Å². The quantitative estimate of drug-likeness (QED) is 0.815. The van der Waals surface area contributed by atoms with E-state index in [4.69, 9.17) is 17.4 Å². The maximum absolute atomic E-state index is 11.8. The Balaban J connectivity index is 2.04. The van der Waals surface area contributed by atoms with Gasteiger partial charge in [0, 0.05) is 12.7 Å². The zero-order valence-electron chi connectivity index (χ0n) is 9.06. The number of rotatable bonds is 3. The van der Waals surface area contributed by atoms with Crippen molar-refractivity contribution in [2.24, 2.45) is 0 Å². The molecule has 0 spiro atoms. The summed E-state index contributed by atoms with van der Waals surface area (Å²) in [5.41, 5.74) is 1.29. The van der Waals surface area contributed by atoms with Gasteiger partial charge in [0.2, 0.25) is 0 Å². The monoisotopic (exact) mass is 249 g/mol. The summed E-state index contributed by atoms with van der Waals surface area (Å²) in [5.74, 6) is 5.30. The molecule has 1 aromatic carbocycles. The molecule has 0 fully saturated rings. The molecule has 0 bridgehead atoms. The third-order valence-electron chi connectivity index (χ3n) is 2.38. The fraction of sp³-hybridized carbons (Fsp3) is 0.0833. The van der Waals surface area contributed by atoms with Crippen LogP contribution >= 0.6 is 11.6 Å². The number of nitrogens with two attached hydrogens (primary N) is 1. The van der Waals surface area contributed by atoms with Crippen molar-refractivity contribution in [3.8, 4) is 0 Å². The molecule has 88 valence electrons. The minimum Gasteiger partial charge on any atom is -0.347 e. The first-order valence-corrected chi connectivity index (χ1v) is 5.50. The van der Waals surface area contributed by atoms with Gasteiger partial charge in [0.05, 0.1) is 5.02 Å². The fourth-order valence-electron chi connectivity index (χ4n) is 1.51. The molecule has 2 rings (SSSR count). The third kappa shape index (κ3) is 2.60. The van der Waals surface area contributed by atoms with Gasteiger partial charge in [-0.25, -0.2) is 0 Å². The van der Waals surface area contributed by atoms with Crippen LogP contribution in [-0.4, -0.2) is 10.6 Å². The lowest BCUT2D eigenvalue weighted by atomic mass is 10.2. The summed E-state index contributed by atoms with van der Waals surface area (Å²) < 4.78 is 1.21. The van der Waals surface area contributed by atoms with Crippen molar-refractivity contribution in [1.82, 2.24) is 9.99 Å². The van der Waals surface area contributed by atoms with Crippen LogP contribution in [0.15, 0.2) is 42.6 Å². The molecule has 1 aromatic heterocycles. The molecule has 0 aliphatic rings. The van der Waals surface area contributed by atoms with E-state index in [0.29, 0.717) is 11.6 Å². The first kappa shape index (κ1) is 11.5. The number of amides is 1. The standard InChI is InChI=1S/C12H12ClN3O/c13-10-6-7-16(14)11(10)12(17)15-8-9-4-2-1-3-5-9/h1-7H,8,14H2,(H,15,17). The van der Waals surface area contributed by atoms with E-state index in [9.17, 15) is 4.79 Å². The molecule has 0 aliphatic heterocycles. The van der Waals surface area contributed by atoms with Crippen LogP contribution in [0.4, 0.5) is 0 Å².